The number of carboxylic acid groups (broad SMARTS) is 1. The Morgan fingerprint density at radius 2 is 1.75 bits per heavy atom. The molecule has 2 aromatic rings. The smallest absolute Gasteiger partial charge is 0.344 e. The summed E-state index contributed by atoms with van der Waals surface area (Å²) in [6.07, 6.45) is 0.466. The first-order valence-corrected chi connectivity index (χ1v) is 6.76. The SMILES string of the molecule is CCC[C@@H](Oc1ccccc1-c1ccccc1)C(=O)O. The van der Waals surface area contributed by atoms with Gasteiger partial charge in [0.1, 0.15) is 5.75 Å². The van der Waals surface area contributed by atoms with Crippen LogP contribution in [0.1, 0.15) is 19.8 Å². The van der Waals surface area contributed by atoms with Crippen molar-refractivity contribution in [3.05, 3.63) is 54.6 Å². The van der Waals surface area contributed by atoms with E-state index in [-0.39, 0.29) is 0 Å². The van der Waals surface area contributed by atoms with Gasteiger partial charge in [-0.25, -0.2) is 4.79 Å². The Bertz CT molecular complexity index is 563. The molecular weight excluding hydrogens is 252 g/mol. The Hall–Kier alpha value is -2.29. The van der Waals surface area contributed by atoms with Gasteiger partial charge in [0.05, 0.1) is 0 Å². The van der Waals surface area contributed by atoms with Gasteiger partial charge in [-0.3, -0.25) is 0 Å². The molecule has 0 aromatic heterocycles. The quantitative estimate of drug-likeness (QED) is 0.863. The molecule has 0 radical (unpaired) electrons. The first-order valence-electron chi connectivity index (χ1n) is 6.76. The Balaban J connectivity index is 2.31. The number of aliphatic carboxylic acids is 1. The largest absolute Gasteiger partial charge is 0.479 e. The van der Waals surface area contributed by atoms with Crippen LogP contribution in [0.15, 0.2) is 54.6 Å². The lowest BCUT2D eigenvalue weighted by Gasteiger charge is -2.17. The fourth-order valence-corrected chi connectivity index (χ4v) is 2.07. The summed E-state index contributed by atoms with van der Waals surface area (Å²) >= 11 is 0. The number of ether oxygens (including phenoxy) is 1. The molecule has 1 N–H and O–H groups in total. The molecule has 104 valence electrons. The van der Waals surface area contributed by atoms with Gasteiger partial charge in [0, 0.05) is 5.56 Å². The van der Waals surface area contributed by atoms with Gasteiger partial charge in [0.2, 0.25) is 0 Å². The molecule has 1 atom stereocenters. The van der Waals surface area contributed by atoms with Crippen molar-refractivity contribution in [3.8, 4) is 16.9 Å². The van der Waals surface area contributed by atoms with Crippen LogP contribution < -0.4 is 4.74 Å². The maximum Gasteiger partial charge on any atom is 0.344 e. The van der Waals surface area contributed by atoms with Crippen LogP contribution >= 0.6 is 0 Å². The monoisotopic (exact) mass is 270 g/mol. The molecule has 0 unspecified atom stereocenters. The van der Waals surface area contributed by atoms with E-state index in [4.69, 9.17) is 4.74 Å². The average molecular weight is 270 g/mol. The van der Waals surface area contributed by atoms with Crippen molar-refractivity contribution in [1.29, 1.82) is 0 Å². The second-order valence-electron chi connectivity index (χ2n) is 4.60. The van der Waals surface area contributed by atoms with E-state index in [9.17, 15) is 9.90 Å². The van der Waals surface area contributed by atoms with Gasteiger partial charge in [-0.05, 0) is 18.1 Å². The summed E-state index contributed by atoms with van der Waals surface area (Å²) in [5.74, 6) is -0.311. The maximum atomic E-state index is 11.2. The van der Waals surface area contributed by atoms with E-state index in [1.165, 1.54) is 0 Å². The highest BCUT2D eigenvalue weighted by Crippen LogP contribution is 2.30. The predicted molar refractivity (Wildman–Crippen MR) is 78.8 cm³/mol. The molecule has 0 aliphatic rings. The molecule has 0 fully saturated rings. The highest BCUT2D eigenvalue weighted by atomic mass is 16.5. The van der Waals surface area contributed by atoms with Crippen LogP contribution in [0.5, 0.6) is 5.75 Å². The number of para-hydroxylation sites is 1. The van der Waals surface area contributed by atoms with Gasteiger partial charge in [-0.1, -0.05) is 61.9 Å². The molecule has 0 aliphatic carbocycles. The highest BCUT2D eigenvalue weighted by molar-refractivity contribution is 5.74. The van der Waals surface area contributed by atoms with E-state index in [1.54, 1.807) is 0 Å². The van der Waals surface area contributed by atoms with Crippen LogP contribution in [0, 0.1) is 0 Å². The van der Waals surface area contributed by atoms with Crippen molar-refractivity contribution >= 4 is 5.97 Å². The minimum Gasteiger partial charge on any atom is -0.479 e. The van der Waals surface area contributed by atoms with Crippen LogP contribution in [0.25, 0.3) is 11.1 Å². The molecule has 2 rings (SSSR count). The molecule has 0 amide bonds. The normalized spacial score (nSPS) is 11.8. The summed E-state index contributed by atoms with van der Waals surface area (Å²) in [6.45, 7) is 1.95. The molecule has 0 saturated heterocycles. The van der Waals surface area contributed by atoms with Crippen molar-refractivity contribution < 1.29 is 14.6 Å². The summed E-state index contributed by atoms with van der Waals surface area (Å²) in [5, 5.41) is 9.20. The van der Waals surface area contributed by atoms with Crippen LogP contribution in [-0.2, 0) is 4.79 Å². The predicted octanol–water partition coefficient (Wildman–Crippen LogP) is 3.99. The van der Waals surface area contributed by atoms with E-state index in [0.29, 0.717) is 12.2 Å². The van der Waals surface area contributed by atoms with Crippen molar-refractivity contribution in [1.82, 2.24) is 0 Å². The second kappa shape index (κ2) is 6.75. The van der Waals surface area contributed by atoms with E-state index in [0.717, 1.165) is 17.5 Å². The first-order chi connectivity index (χ1) is 9.72. The minimum absolute atomic E-state index is 0.498. The molecule has 0 bridgehead atoms. The highest BCUT2D eigenvalue weighted by Gasteiger charge is 2.19. The Morgan fingerprint density at radius 1 is 1.10 bits per heavy atom. The lowest BCUT2D eigenvalue weighted by atomic mass is 10.0. The zero-order chi connectivity index (χ0) is 14.4. The van der Waals surface area contributed by atoms with Crippen LogP contribution in [0.3, 0.4) is 0 Å². The maximum absolute atomic E-state index is 11.2. The molecule has 0 aliphatic heterocycles. The number of hydrogen-bond donors (Lipinski definition) is 1. The van der Waals surface area contributed by atoms with E-state index < -0.39 is 12.1 Å². The van der Waals surface area contributed by atoms with Crippen LogP contribution in [0.4, 0.5) is 0 Å². The number of carboxylic acids is 1. The molecule has 0 saturated carbocycles. The minimum atomic E-state index is -0.922. The van der Waals surface area contributed by atoms with Crippen molar-refractivity contribution in [2.24, 2.45) is 0 Å². The van der Waals surface area contributed by atoms with Crippen molar-refractivity contribution in [2.45, 2.75) is 25.9 Å². The molecular formula is C17H18O3. The van der Waals surface area contributed by atoms with Crippen molar-refractivity contribution in [3.63, 3.8) is 0 Å². The lowest BCUT2D eigenvalue weighted by Crippen LogP contribution is -2.26. The van der Waals surface area contributed by atoms with Gasteiger partial charge < -0.3 is 9.84 Å². The molecule has 3 nitrogen and oxygen atoms in total. The zero-order valence-corrected chi connectivity index (χ0v) is 11.5. The topological polar surface area (TPSA) is 46.5 Å². The molecule has 0 spiro atoms. The number of carbonyl (C=O) groups is 1. The standard InChI is InChI=1S/C17H18O3/c1-2-8-16(17(18)19)20-15-12-7-6-11-14(15)13-9-4-3-5-10-13/h3-7,9-12,16H,2,8H2,1H3,(H,18,19)/t16-/m1/s1. The van der Waals surface area contributed by atoms with E-state index in [2.05, 4.69) is 0 Å². The van der Waals surface area contributed by atoms with Gasteiger partial charge in [-0.2, -0.15) is 0 Å². The Kier molecular flexibility index (Phi) is 4.77. The molecule has 0 heterocycles. The van der Waals surface area contributed by atoms with E-state index in [1.807, 2.05) is 61.5 Å². The summed E-state index contributed by atoms with van der Waals surface area (Å²) in [4.78, 5) is 11.2. The summed E-state index contributed by atoms with van der Waals surface area (Å²) in [5.41, 5.74) is 1.93. The molecule has 3 heteroatoms. The van der Waals surface area contributed by atoms with Crippen LogP contribution in [0.2, 0.25) is 0 Å². The van der Waals surface area contributed by atoms with Crippen molar-refractivity contribution in [2.75, 3.05) is 0 Å². The third-order valence-electron chi connectivity index (χ3n) is 3.07. The zero-order valence-electron chi connectivity index (χ0n) is 11.5. The number of benzene rings is 2. The Labute approximate surface area is 118 Å². The van der Waals surface area contributed by atoms with Crippen LogP contribution in [-0.4, -0.2) is 17.2 Å². The van der Waals surface area contributed by atoms with Gasteiger partial charge in [0.25, 0.3) is 0 Å². The summed E-state index contributed by atoms with van der Waals surface area (Å²) in [7, 11) is 0. The average Bonchev–Trinajstić information content (AvgIpc) is 2.48. The lowest BCUT2D eigenvalue weighted by molar-refractivity contribution is -0.145. The fourth-order valence-electron chi connectivity index (χ4n) is 2.07. The van der Waals surface area contributed by atoms with Gasteiger partial charge in [-0.15, -0.1) is 0 Å². The first kappa shape index (κ1) is 14.1. The Morgan fingerprint density at radius 3 is 2.40 bits per heavy atom. The summed E-state index contributed by atoms with van der Waals surface area (Å²) < 4.78 is 5.70. The second-order valence-corrected chi connectivity index (χ2v) is 4.60. The number of rotatable bonds is 6. The molecule has 2 aromatic carbocycles. The van der Waals surface area contributed by atoms with Gasteiger partial charge in [0.15, 0.2) is 6.10 Å². The molecule has 20 heavy (non-hydrogen) atoms. The number of hydrogen-bond acceptors (Lipinski definition) is 2. The van der Waals surface area contributed by atoms with Gasteiger partial charge >= 0.3 is 5.97 Å². The summed E-state index contributed by atoms with van der Waals surface area (Å²) in [6, 6.07) is 17.3. The fraction of sp³-hybridized carbons (Fsp3) is 0.235. The third kappa shape index (κ3) is 3.38. The van der Waals surface area contributed by atoms with E-state index >= 15 is 0 Å². The third-order valence-corrected chi connectivity index (χ3v) is 3.07.